The van der Waals surface area contributed by atoms with E-state index in [2.05, 4.69) is 50.8 Å². The summed E-state index contributed by atoms with van der Waals surface area (Å²) in [6.45, 7) is 8.77. The topological polar surface area (TPSA) is 123 Å². The second-order valence-electron chi connectivity index (χ2n) is 10.3. The van der Waals surface area contributed by atoms with E-state index >= 15 is 0 Å². The molecule has 1 aliphatic carbocycles. The van der Waals surface area contributed by atoms with Crippen molar-refractivity contribution in [1.29, 1.82) is 0 Å². The molecule has 0 aromatic carbocycles. The number of fused-ring (bicyclic) bond motifs is 1. The number of hydrogen-bond acceptors (Lipinski definition) is 10. The van der Waals surface area contributed by atoms with Crippen LogP contribution in [0, 0.1) is 12.8 Å². The van der Waals surface area contributed by atoms with Crippen molar-refractivity contribution >= 4 is 29.3 Å². The summed E-state index contributed by atoms with van der Waals surface area (Å²) in [5.74, 6) is 2.33. The van der Waals surface area contributed by atoms with Gasteiger partial charge >= 0.3 is 0 Å². The summed E-state index contributed by atoms with van der Waals surface area (Å²) >= 11 is 0. The van der Waals surface area contributed by atoms with E-state index in [0.29, 0.717) is 18.6 Å². The Labute approximate surface area is 231 Å². The molecule has 3 aromatic heterocycles. The maximum atomic E-state index is 9.08. The van der Waals surface area contributed by atoms with E-state index in [9.17, 15) is 0 Å². The molecule has 0 bridgehead atoms. The summed E-state index contributed by atoms with van der Waals surface area (Å²) in [6.07, 6.45) is 14.3. The van der Waals surface area contributed by atoms with Crippen molar-refractivity contribution in [3.63, 3.8) is 0 Å². The lowest BCUT2D eigenvalue weighted by atomic mass is 9.83. The number of hydrogen-bond donors (Lipinski definition) is 4. The summed E-state index contributed by atoms with van der Waals surface area (Å²) in [5, 5.41) is 17.2. The van der Waals surface area contributed by atoms with Crippen LogP contribution in [0.2, 0.25) is 0 Å². The molecule has 0 atom stereocenters. The number of rotatable bonds is 13. The fourth-order valence-electron chi connectivity index (χ4n) is 5.26. The molecule has 0 radical (unpaired) electrons. The molecule has 4 N–H and O–H groups in total. The molecule has 0 amide bonds. The fourth-order valence-corrected chi connectivity index (χ4v) is 5.26. The lowest BCUT2D eigenvalue weighted by Gasteiger charge is -2.29. The molecule has 10 heteroatoms. The second kappa shape index (κ2) is 14.0. The molecule has 4 rings (SSSR count). The van der Waals surface area contributed by atoms with Gasteiger partial charge < -0.3 is 20.7 Å². The maximum absolute atomic E-state index is 9.08. The number of pyridine rings is 2. The molecular formula is C29H41N9O. The van der Waals surface area contributed by atoms with Gasteiger partial charge in [-0.3, -0.25) is 15.0 Å². The first-order valence-corrected chi connectivity index (χ1v) is 13.8. The second-order valence-corrected chi connectivity index (χ2v) is 10.3. The van der Waals surface area contributed by atoms with Crippen LogP contribution in [-0.2, 0) is 12.8 Å². The first kappa shape index (κ1) is 28.4. The standard InChI is InChI=1S/C29H41N9O/c1-5-32-28-14-26-25(12-22(16-33-26)8-11-24(17-30-3)38(4)19-34-39)27(37-28)13-21-6-9-23(10-7-21)36-29-18-31-15-20(2)35-29/h12,14-18,21,23,34,39H,3,5-11,13,19H2,1-2,4H3,(H,32,37)(H,35,36)/b24-17-. The van der Waals surface area contributed by atoms with Crippen LogP contribution in [-0.4, -0.2) is 63.1 Å². The van der Waals surface area contributed by atoms with Gasteiger partial charge in [-0.1, -0.05) is 0 Å². The van der Waals surface area contributed by atoms with Crippen LogP contribution in [0.15, 0.2) is 47.6 Å². The summed E-state index contributed by atoms with van der Waals surface area (Å²) in [6, 6.07) is 4.71. The summed E-state index contributed by atoms with van der Waals surface area (Å²) < 4.78 is 0. The van der Waals surface area contributed by atoms with E-state index in [1.807, 2.05) is 31.1 Å². The van der Waals surface area contributed by atoms with E-state index in [1.165, 1.54) is 0 Å². The number of nitrogens with one attached hydrogen (secondary N) is 3. The molecule has 1 saturated carbocycles. The van der Waals surface area contributed by atoms with Gasteiger partial charge in [0.2, 0.25) is 0 Å². The monoisotopic (exact) mass is 531 g/mol. The number of aromatic nitrogens is 4. The lowest BCUT2D eigenvalue weighted by Crippen LogP contribution is -2.28. The number of aliphatic imine (C=N–C) groups is 1. The Morgan fingerprint density at radius 3 is 2.69 bits per heavy atom. The van der Waals surface area contributed by atoms with Crippen molar-refractivity contribution in [3.8, 4) is 0 Å². The number of allylic oxidation sites excluding steroid dienone is 1. The zero-order valence-corrected chi connectivity index (χ0v) is 23.3. The number of aryl methyl sites for hydroxylation is 2. The van der Waals surface area contributed by atoms with Gasteiger partial charge in [0.1, 0.15) is 11.6 Å². The highest BCUT2D eigenvalue weighted by atomic mass is 16.5. The molecule has 39 heavy (non-hydrogen) atoms. The van der Waals surface area contributed by atoms with Crippen LogP contribution in [0.1, 0.15) is 56.0 Å². The van der Waals surface area contributed by atoms with Gasteiger partial charge in [-0.15, -0.1) is 0 Å². The largest absolute Gasteiger partial charge is 0.370 e. The quantitative estimate of drug-likeness (QED) is 0.141. The van der Waals surface area contributed by atoms with E-state index in [1.54, 1.807) is 18.6 Å². The van der Waals surface area contributed by atoms with Crippen molar-refractivity contribution < 1.29 is 5.21 Å². The molecule has 10 nitrogen and oxygen atoms in total. The minimum atomic E-state index is 0.314. The highest BCUT2D eigenvalue weighted by molar-refractivity contribution is 5.83. The minimum absolute atomic E-state index is 0.314. The first-order valence-electron chi connectivity index (χ1n) is 13.8. The van der Waals surface area contributed by atoms with Crippen LogP contribution < -0.4 is 16.1 Å². The summed E-state index contributed by atoms with van der Waals surface area (Å²) in [4.78, 5) is 24.5. The highest BCUT2D eigenvalue weighted by Crippen LogP contribution is 2.31. The Morgan fingerprint density at radius 1 is 1.15 bits per heavy atom. The number of nitrogens with zero attached hydrogens (tertiary/aromatic N) is 6. The molecule has 0 saturated heterocycles. The SMILES string of the molecule is C=N/C=C(/CCc1cnc2cc(NCC)nc(CC3CCC(Nc4cncc(C)n4)CC3)c2c1)N(C)CNO. The minimum Gasteiger partial charge on any atom is -0.370 e. The molecule has 3 heterocycles. The Balaban J connectivity index is 1.47. The number of hydroxylamine groups is 1. The Kier molecular flexibility index (Phi) is 10.2. The smallest absolute Gasteiger partial charge is 0.145 e. The van der Waals surface area contributed by atoms with E-state index < -0.39 is 0 Å². The Hall–Kier alpha value is -3.63. The molecule has 208 valence electrons. The third-order valence-electron chi connectivity index (χ3n) is 7.32. The Morgan fingerprint density at radius 2 is 1.97 bits per heavy atom. The molecule has 0 unspecified atom stereocenters. The Bertz CT molecular complexity index is 1270. The van der Waals surface area contributed by atoms with Crippen molar-refractivity contribution in [2.24, 2.45) is 10.9 Å². The van der Waals surface area contributed by atoms with Gasteiger partial charge in [0.25, 0.3) is 0 Å². The zero-order valence-electron chi connectivity index (χ0n) is 23.3. The van der Waals surface area contributed by atoms with Crippen LogP contribution in [0.5, 0.6) is 0 Å². The van der Waals surface area contributed by atoms with Gasteiger partial charge in [-0.2, -0.15) is 5.48 Å². The highest BCUT2D eigenvalue weighted by Gasteiger charge is 2.23. The third-order valence-corrected chi connectivity index (χ3v) is 7.32. The normalized spacial score (nSPS) is 17.7. The van der Waals surface area contributed by atoms with Crippen LogP contribution in [0.25, 0.3) is 10.9 Å². The molecular weight excluding hydrogens is 490 g/mol. The van der Waals surface area contributed by atoms with Gasteiger partial charge in [-0.05, 0) is 83.1 Å². The summed E-state index contributed by atoms with van der Waals surface area (Å²) in [5.41, 5.74) is 7.34. The molecule has 1 fully saturated rings. The average molecular weight is 532 g/mol. The van der Waals surface area contributed by atoms with Crippen molar-refractivity contribution in [3.05, 3.63) is 59.6 Å². The number of anilines is 2. The van der Waals surface area contributed by atoms with Crippen molar-refractivity contribution in [1.82, 2.24) is 30.3 Å². The van der Waals surface area contributed by atoms with Crippen LogP contribution in [0.3, 0.4) is 0 Å². The van der Waals surface area contributed by atoms with Gasteiger partial charge in [0.15, 0.2) is 0 Å². The zero-order chi connectivity index (χ0) is 27.6. The van der Waals surface area contributed by atoms with Crippen LogP contribution in [0.4, 0.5) is 11.6 Å². The van der Waals surface area contributed by atoms with Crippen molar-refractivity contribution in [2.75, 3.05) is 30.9 Å². The average Bonchev–Trinajstić information content (AvgIpc) is 2.92. The maximum Gasteiger partial charge on any atom is 0.145 e. The molecule has 0 aliphatic heterocycles. The molecule has 3 aromatic rings. The fraction of sp³-hybridized carbons (Fsp3) is 0.483. The predicted molar refractivity (Wildman–Crippen MR) is 157 cm³/mol. The molecule has 0 spiro atoms. The van der Waals surface area contributed by atoms with Gasteiger partial charge in [0.05, 0.1) is 29.8 Å². The van der Waals surface area contributed by atoms with E-state index in [-0.39, 0.29) is 0 Å². The summed E-state index contributed by atoms with van der Waals surface area (Å²) in [7, 11) is 1.90. The van der Waals surface area contributed by atoms with Crippen molar-refractivity contribution in [2.45, 2.75) is 64.8 Å². The molecule has 1 aliphatic rings. The van der Waals surface area contributed by atoms with Crippen LogP contribution >= 0.6 is 0 Å². The van der Waals surface area contributed by atoms with Gasteiger partial charge in [0, 0.05) is 55.4 Å². The van der Waals surface area contributed by atoms with E-state index in [4.69, 9.17) is 15.2 Å². The predicted octanol–water partition coefficient (Wildman–Crippen LogP) is 4.72. The van der Waals surface area contributed by atoms with E-state index in [0.717, 1.165) is 96.7 Å². The third kappa shape index (κ3) is 7.93. The van der Waals surface area contributed by atoms with Gasteiger partial charge in [-0.25, -0.2) is 9.97 Å². The first-order chi connectivity index (χ1) is 19.0. The lowest BCUT2D eigenvalue weighted by molar-refractivity contribution is 0.122.